The lowest BCUT2D eigenvalue weighted by Crippen LogP contribution is -2.23. The van der Waals surface area contributed by atoms with Crippen LogP contribution in [-0.2, 0) is 11.3 Å². The summed E-state index contributed by atoms with van der Waals surface area (Å²) in [4.78, 5) is 28.7. The zero-order valence-electron chi connectivity index (χ0n) is 17.6. The molecule has 0 unspecified atom stereocenters. The van der Waals surface area contributed by atoms with Crippen molar-refractivity contribution in [2.24, 2.45) is 0 Å². The van der Waals surface area contributed by atoms with Gasteiger partial charge in [0.1, 0.15) is 11.9 Å². The Hall–Kier alpha value is -2.89. The minimum Gasteiger partial charge on any atom is -0.494 e. The molecule has 6 nitrogen and oxygen atoms in total. The van der Waals surface area contributed by atoms with Gasteiger partial charge in [-0.15, -0.1) is 0 Å². The molecule has 1 aliphatic rings. The van der Waals surface area contributed by atoms with E-state index in [1.54, 1.807) is 30.5 Å². The van der Waals surface area contributed by atoms with Crippen molar-refractivity contribution in [1.82, 2.24) is 10.3 Å². The Morgan fingerprint density at radius 2 is 1.87 bits per heavy atom. The normalized spacial score (nSPS) is 13.8. The molecule has 1 aliphatic carbocycles. The van der Waals surface area contributed by atoms with Gasteiger partial charge in [0.15, 0.2) is 5.78 Å². The number of aromatic nitrogens is 1. The van der Waals surface area contributed by atoms with Crippen LogP contribution in [0, 0.1) is 0 Å². The number of Topliss-reactive ketones (excluding diaryl/α,β-unsaturated/α-hetero) is 1. The molecule has 1 amide bonds. The van der Waals surface area contributed by atoms with Gasteiger partial charge in [0.05, 0.1) is 6.61 Å². The second kappa shape index (κ2) is 11.3. The Morgan fingerprint density at radius 1 is 1.10 bits per heavy atom. The second-order valence-electron chi connectivity index (χ2n) is 7.60. The molecule has 0 saturated heterocycles. The molecule has 0 bridgehead atoms. The highest BCUT2D eigenvalue weighted by atomic mass is 16.5. The van der Waals surface area contributed by atoms with Crippen LogP contribution in [0.4, 0.5) is 0 Å². The number of pyridine rings is 1. The highest BCUT2D eigenvalue weighted by molar-refractivity contribution is 5.98. The Morgan fingerprint density at radius 3 is 2.60 bits per heavy atom. The number of amides is 1. The van der Waals surface area contributed by atoms with E-state index in [0.717, 1.165) is 30.6 Å². The predicted molar refractivity (Wildman–Crippen MR) is 115 cm³/mol. The SMILES string of the molecule is CCCOc1ccc(C(=O)CCC(=O)NCc2ccnc(OC3CCCC3)c2)cc1. The van der Waals surface area contributed by atoms with E-state index in [2.05, 4.69) is 10.3 Å². The van der Waals surface area contributed by atoms with Gasteiger partial charge in [0.25, 0.3) is 0 Å². The monoisotopic (exact) mass is 410 g/mol. The third kappa shape index (κ3) is 6.87. The zero-order valence-corrected chi connectivity index (χ0v) is 17.6. The molecular formula is C24H30N2O4. The lowest BCUT2D eigenvalue weighted by atomic mass is 10.1. The molecule has 2 aromatic rings. The summed E-state index contributed by atoms with van der Waals surface area (Å²) in [5, 5.41) is 2.86. The second-order valence-corrected chi connectivity index (χ2v) is 7.60. The molecule has 0 aliphatic heterocycles. The van der Waals surface area contributed by atoms with E-state index in [0.29, 0.717) is 24.6 Å². The maximum absolute atomic E-state index is 12.3. The first-order valence-corrected chi connectivity index (χ1v) is 10.8. The van der Waals surface area contributed by atoms with E-state index in [1.165, 1.54) is 12.8 Å². The molecule has 1 aromatic carbocycles. The Balaban J connectivity index is 1.40. The van der Waals surface area contributed by atoms with E-state index in [4.69, 9.17) is 9.47 Å². The molecule has 6 heteroatoms. The number of nitrogens with zero attached hydrogens (tertiary/aromatic N) is 1. The smallest absolute Gasteiger partial charge is 0.220 e. The van der Waals surface area contributed by atoms with E-state index < -0.39 is 0 Å². The zero-order chi connectivity index (χ0) is 21.2. The molecule has 0 atom stereocenters. The number of hydrogen-bond donors (Lipinski definition) is 1. The van der Waals surface area contributed by atoms with Crippen LogP contribution in [0.1, 0.15) is 67.8 Å². The van der Waals surface area contributed by atoms with E-state index in [1.807, 2.05) is 19.1 Å². The van der Waals surface area contributed by atoms with Gasteiger partial charge in [-0.1, -0.05) is 6.92 Å². The lowest BCUT2D eigenvalue weighted by molar-refractivity contribution is -0.121. The molecule has 30 heavy (non-hydrogen) atoms. The summed E-state index contributed by atoms with van der Waals surface area (Å²) in [5.74, 6) is 1.15. The number of ether oxygens (including phenoxy) is 2. The van der Waals surface area contributed by atoms with Gasteiger partial charge in [-0.05, 0) is 68.0 Å². The predicted octanol–water partition coefficient (Wildman–Crippen LogP) is 4.47. The third-order valence-corrected chi connectivity index (χ3v) is 5.11. The number of carbonyl (C=O) groups is 2. The van der Waals surface area contributed by atoms with Gasteiger partial charge in [-0.25, -0.2) is 4.98 Å². The molecule has 1 saturated carbocycles. The van der Waals surface area contributed by atoms with Gasteiger partial charge in [-0.3, -0.25) is 9.59 Å². The van der Waals surface area contributed by atoms with Crippen molar-refractivity contribution in [2.75, 3.05) is 6.61 Å². The van der Waals surface area contributed by atoms with Crippen LogP contribution in [0.15, 0.2) is 42.6 Å². The first-order chi connectivity index (χ1) is 14.6. The van der Waals surface area contributed by atoms with Gasteiger partial charge < -0.3 is 14.8 Å². The number of nitrogens with one attached hydrogen (secondary N) is 1. The molecule has 0 spiro atoms. The van der Waals surface area contributed by atoms with Gasteiger partial charge in [-0.2, -0.15) is 0 Å². The topological polar surface area (TPSA) is 77.5 Å². The summed E-state index contributed by atoms with van der Waals surface area (Å²) >= 11 is 0. The van der Waals surface area contributed by atoms with Crippen molar-refractivity contribution in [3.63, 3.8) is 0 Å². The van der Waals surface area contributed by atoms with Crippen LogP contribution in [-0.4, -0.2) is 29.4 Å². The van der Waals surface area contributed by atoms with Crippen LogP contribution >= 0.6 is 0 Å². The molecule has 160 valence electrons. The number of hydrogen-bond acceptors (Lipinski definition) is 5. The fourth-order valence-electron chi connectivity index (χ4n) is 3.42. The lowest BCUT2D eigenvalue weighted by Gasteiger charge is -2.13. The Bertz CT molecular complexity index is 829. The maximum Gasteiger partial charge on any atom is 0.220 e. The van der Waals surface area contributed by atoms with Crippen molar-refractivity contribution in [2.45, 2.75) is 64.5 Å². The molecular weight excluding hydrogens is 380 g/mol. The van der Waals surface area contributed by atoms with Crippen molar-refractivity contribution in [1.29, 1.82) is 0 Å². The first-order valence-electron chi connectivity index (χ1n) is 10.8. The quantitative estimate of drug-likeness (QED) is 0.553. The summed E-state index contributed by atoms with van der Waals surface area (Å²) in [6.45, 7) is 3.08. The van der Waals surface area contributed by atoms with E-state index in [9.17, 15) is 9.59 Å². The summed E-state index contributed by atoms with van der Waals surface area (Å²) in [7, 11) is 0. The molecule has 3 rings (SSSR count). The number of ketones is 1. The largest absolute Gasteiger partial charge is 0.494 e. The maximum atomic E-state index is 12.3. The first kappa shape index (κ1) is 21.8. The number of rotatable bonds is 11. The van der Waals surface area contributed by atoms with E-state index >= 15 is 0 Å². The summed E-state index contributed by atoms with van der Waals surface area (Å²) in [5.41, 5.74) is 1.52. The Labute approximate surface area is 178 Å². The summed E-state index contributed by atoms with van der Waals surface area (Å²) in [6, 6.07) is 10.8. The number of benzene rings is 1. The van der Waals surface area contributed by atoms with Crippen molar-refractivity contribution in [3.8, 4) is 11.6 Å². The number of carbonyl (C=O) groups excluding carboxylic acids is 2. The highest BCUT2D eigenvalue weighted by Crippen LogP contribution is 2.23. The highest BCUT2D eigenvalue weighted by Gasteiger charge is 2.17. The van der Waals surface area contributed by atoms with Crippen LogP contribution in [0.25, 0.3) is 0 Å². The molecule has 1 heterocycles. The van der Waals surface area contributed by atoms with Crippen LogP contribution in [0.2, 0.25) is 0 Å². The standard InChI is InChI=1S/C24H30N2O4/c1-2-15-29-20-9-7-19(8-10-20)22(27)11-12-23(28)26-17-18-13-14-25-24(16-18)30-21-5-3-4-6-21/h7-10,13-14,16,21H,2-6,11-12,15,17H2,1H3,(H,26,28). The van der Waals surface area contributed by atoms with Gasteiger partial charge >= 0.3 is 0 Å². The third-order valence-electron chi connectivity index (χ3n) is 5.11. The molecule has 1 aromatic heterocycles. The molecule has 0 radical (unpaired) electrons. The van der Waals surface area contributed by atoms with Crippen molar-refractivity contribution >= 4 is 11.7 Å². The van der Waals surface area contributed by atoms with Crippen molar-refractivity contribution in [3.05, 3.63) is 53.7 Å². The minimum atomic E-state index is -0.152. The molecule has 1 N–H and O–H groups in total. The van der Waals surface area contributed by atoms with Crippen molar-refractivity contribution < 1.29 is 19.1 Å². The van der Waals surface area contributed by atoms with Gasteiger partial charge in [0, 0.05) is 37.2 Å². The van der Waals surface area contributed by atoms with E-state index in [-0.39, 0.29) is 30.6 Å². The molecule has 1 fully saturated rings. The van der Waals surface area contributed by atoms with Gasteiger partial charge in [0.2, 0.25) is 11.8 Å². The summed E-state index contributed by atoms with van der Waals surface area (Å²) < 4.78 is 11.4. The van der Waals surface area contributed by atoms with Crippen LogP contribution < -0.4 is 14.8 Å². The van der Waals surface area contributed by atoms with Crippen LogP contribution in [0.3, 0.4) is 0 Å². The Kier molecular flexibility index (Phi) is 8.24. The average Bonchev–Trinajstić information content (AvgIpc) is 3.28. The fourth-order valence-corrected chi connectivity index (χ4v) is 3.42. The fraction of sp³-hybridized carbons (Fsp3) is 0.458. The van der Waals surface area contributed by atoms with Crippen LogP contribution in [0.5, 0.6) is 11.6 Å². The average molecular weight is 411 g/mol. The minimum absolute atomic E-state index is 0.0525. The summed E-state index contributed by atoms with van der Waals surface area (Å²) in [6.07, 6.45) is 7.77.